The zero-order chi connectivity index (χ0) is 39.2. The number of benzene rings is 4. The van der Waals surface area contributed by atoms with Gasteiger partial charge >= 0.3 is 0 Å². The minimum absolute atomic E-state index is 0. The maximum Gasteiger partial charge on any atom is 0.123 e. The molecule has 7 rings (SSSR count). The summed E-state index contributed by atoms with van der Waals surface area (Å²) in [7, 11) is -1.61. The van der Waals surface area contributed by atoms with Crippen LogP contribution in [0.25, 0.3) is 55.6 Å². The van der Waals surface area contributed by atoms with Crippen LogP contribution in [0.2, 0.25) is 19.6 Å². The Labute approximate surface area is 317 Å². The van der Waals surface area contributed by atoms with Crippen molar-refractivity contribution >= 4 is 35.2 Å². The van der Waals surface area contributed by atoms with Crippen LogP contribution in [0.5, 0.6) is 0 Å². The third-order valence-corrected chi connectivity index (χ3v) is 10.5. The average Bonchev–Trinajstić information content (AvgIpc) is 3.48. The summed E-state index contributed by atoms with van der Waals surface area (Å²) < 4.78 is 59.0. The first kappa shape index (κ1) is 30.6. The van der Waals surface area contributed by atoms with Gasteiger partial charge in [-0.3, -0.25) is 0 Å². The summed E-state index contributed by atoms with van der Waals surface area (Å²) in [6.45, 7) is 12.1. The Hall–Kier alpha value is -4.22. The Morgan fingerprint density at radius 3 is 2.30 bits per heavy atom. The van der Waals surface area contributed by atoms with E-state index in [2.05, 4.69) is 41.7 Å². The van der Waals surface area contributed by atoms with Gasteiger partial charge in [0.15, 0.2) is 0 Å². The van der Waals surface area contributed by atoms with Crippen LogP contribution in [0.1, 0.15) is 63.0 Å². The summed E-state index contributed by atoms with van der Waals surface area (Å²) in [6, 6.07) is 33.1. The van der Waals surface area contributed by atoms with Crippen molar-refractivity contribution in [1.29, 1.82) is 0 Å². The molecule has 7 aromatic rings. The van der Waals surface area contributed by atoms with Crippen molar-refractivity contribution in [3.63, 3.8) is 0 Å². The molecule has 1 radical (unpaired) electrons. The van der Waals surface area contributed by atoms with E-state index in [1.54, 1.807) is 24.4 Å². The van der Waals surface area contributed by atoms with E-state index in [-0.39, 0.29) is 31.5 Å². The molecule has 4 aromatic carbocycles. The van der Waals surface area contributed by atoms with Crippen LogP contribution >= 0.6 is 0 Å². The van der Waals surface area contributed by atoms with Gasteiger partial charge in [0.1, 0.15) is 11.4 Å². The van der Waals surface area contributed by atoms with Crippen LogP contribution < -0.4 is 5.19 Å². The number of hydrogen-bond acceptors (Lipinski definition) is 3. The second-order valence-corrected chi connectivity index (χ2v) is 18.7. The summed E-state index contributed by atoms with van der Waals surface area (Å²) in [5.74, 6) is -1.71. The van der Waals surface area contributed by atoms with E-state index in [0.29, 0.717) is 5.58 Å². The molecule has 50 heavy (non-hydrogen) atoms. The molecule has 0 fully saturated rings. The first-order valence-electron chi connectivity index (χ1n) is 18.8. The average molecular weight is 860 g/mol. The Kier molecular flexibility index (Phi) is 9.39. The molecule has 257 valence electrons. The van der Waals surface area contributed by atoms with Gasteiger partial charge in [-0.05, 0) is 63.8 Å². The molecule has 0 saturated heterocycles. The van der Waals surface area contributed by atoms with Crippen LogP contribution in [0.4, 0.5) is 4.39 Å². The molecular weight excluding hydrogens is 812 g/mol. The van der Waals surface area contributed by atoms with Crippen LogP contribution in [-0.4, -0.2) is 18.0 Å². The number of hydrogen-bond donors (Lipinski definition) is 0. The standard InChI is InChI=1S/C26H19FNO.C18H24NSi.Ir/c1-16(2)17-11-12-28-24(14-17)23-8-4-7-22-21-10-9-19(15-25(21)29-26(22)23)18-5-3-6-20(27)13-18;1-13(2)16-11-17(15-9-7-14(3)8-10-15)19-12-18(16)20(4,5)6;/h3-7,9-16H,1-2H3;7-9,11-13H,1-6H3;/q2*-1;/i16D;3D3,13D;. The van der Waals surface area contributed by atoms with Crippen LogP contribution in [0, 0.1) is 24.8 Å². The van der Waals surface area contributed by atoms with E-state index < -0.39 is 26.7 Å². The van der Waals surface area contributed by atoms with Gasteiger partial charge in [-0.1, -0.05) is 113 Å². The van der Waals surface area contributed by atoms with Gasteiger partial charge in [-0.15, -0.1) is 53.6 Å². The molecule has 0 spiro atoms. The number of fused-ring (bicyclic) bond motifs is 3. The molecule has 6 heteroatoms. The molecule has 3 nitrogen and oxygen atoms in total. The molecule has 0 unspecified atom stereocenters. The molecular formula is C44H43FIrN2OSi-2. The van der Waals surface area contributed by atoms with Gasteiger partial charge in [-0.25, -0.2) is 4.39 Å². The number of halogens is 1. The van der Waals surface area contributed by atoms with E-state index in [9.17, 15) is 4.39 Å². The summed E-state index contributed by atoms with van der Waals surface area (Å²) >= 11 is 0. The minimum atomic E-state index is -2.13. The summed E-state index contributed by atoms with van der Waals surface area (Å²) in [4.78, 5) is 9.06. The van der Waals surface area contributed by atoms with Crippen molar-refractivity contribution in [1.82, 2.24) is 9.97 Å². The molecule has 0 saturated carbocycles. The summed E-state index contributed by atoms with van der Waals surface area (Å²) in [6.07, 6.45) is 3.61. The summed E-state index contributed by atoms with van der Waals surface area (Å²) in [5.41, 5.74) is 8.22. The predicted octanol–water partition coefficient (Wildman–Crippen LogP) is 11.9. The number of furan rings is 1. The SMILES string of the molecule is [2H]C(C)(C)c1ccnc(-c2[c-]ccc3c2oc2cc(-c4cccc(F)c4)ccc23)c1.[2H]C([2H])([2H])c1c[c-]c(-c2cc(C([2H])(C)C)c([Si](C)(C)C)cn2)cc1.[Ir]. The van der Waals surface area contributed by atoms with E-state index in [1.807, 2.05) is 88.5 Å². The second kappa shape index (κ2) is 15.3. The van der Waals surface area contributed by atoms with Gasteiger partial charge in [-0.2, -0.15) is 0 Å². The fourth-order valence-electron chi connectivity index (χ4n) is 5.86. The zero-order valence-electron chi connectivity index (χ0n) is 34.3. The Balaban J connectivity index is 0.000000213. The number of rotatable bonds is 6. The van der Waals surface area contributed by atoms with Gasteiger partial charge in [0.05, 0.1) is 13.7 Å². The van der Waals surface area contributed by atoms with Crippen LogP contribution in [-0.2, 0) is 20.1 Å². The first-order valence-corrected chi connectivity index (χ1v) is 19.8. The summed E-state index contributed by atoms with van der Waals surface area (Å²) in [5, 5.41) is 3.14. The van der Waals surface area contributed by atoms with Gasteiger partial charge in [0.25, 0.3) is 0 Å². The Bertz CT molecular complexity index is 2460. The monoisotopic (exact) mass is 860 g/mol. The van der Waals surface area contributed by atoms with Crippen molar-refractivity contribution in [2.45, 2.75) is 66.0 Å². The van der Waals surface area contributed by atoms with E-state index in [1.165, 1.54) is 23.4 Å². The Morgan fingerprint density at radius 1 is 0.820 bits per heavy atom. The molecule has 0 aliphatic rings. The van der Waals surface area contributed by atoms with E-state index in [0.717, 1.165) is 61.1 Å². The minimum Gasteiger partial charge on any atom is -0.501 e. The smallest absolute Gasteiger partial charge is 0.123 e. The number of aromatic nitrogens is 2. The molecule has 3 aromatic heterocycles. The maximum atomic E-state index is 13.6. The van der Waals surface area contributed by atoms with E-state index >= 15 is 0 Å². The normalized spacial score (nSPS) is 13.6. The number of aryl methyl sites for hydroxylation is 1. The van der Waals surface area contributed by atoms with Gasteiger partial charge in [0, 0.05) is 44.7 Å². The van der Waals surface area contributed by atoms with Gasteiger partial charge < -0.3 is 14.4 Å². The first-order chi connectivity index (χ1) is 25.2. The molecule has 0 amide bonds. The zero-order valence-corrected chi connectivity index (χ0v) is 32.7. The number of nitrogens with zero attached hydrogens (tertiary/aromatic N) is 2. The third kappa shape index (κ3) is 8.05. The maximum absolute atomic E-state index is 13.6. The van der Waals surface area contributed by atoms with Crippen molar-refractivity contribution in [2.24, 2.45) is 0 Å². The molecule has 0 atom stereocenters. The topological polar surface area (TPSA) is 38.9 Å². The van der Waals surface area contributed by atoms with Crippen molar-refractivity contribution in [3.8, 4) is 33.6 Å². The quantitative estimate of drug-likeness (QED) is 0.124. The molecule has 0 bridgehead atoms. The fourth-order valence-corrected chi connectivity index (χ4v) is 7.44. The van der Waals surface area contributed by atoms with Crippen molar-refractivity contribution in [2.75, 3.05) is 0 Å². The molecule has 0 aliphatic carbocycles. The van der Waals surface area contributed by atoms with Crippen molar-refractivity contribution in [3.05, 3.63) is 138 Å². The van der Waals surface area contributed by atoms with Crippen molar-refractivity contribution < 1.29 is 35.8 Å². The fraction of sp³-hybridized carbons (Fsp3) is 0.227. The largest absolute Gasteiger partial charge is 0.501 e. The third-order valence-electron chi connectivity index (χ3n) is 8.52. The Morgan fingerprint density at radius 2 is 1.62 bits per heavy atom. The van der Waals surface area contributed by atoms with E-state index in [4.69, 9.17) is 11.3 Å². The second-order valence-electron chi connectivity index (χ2n) is 13.7. The van der Waals surface area contributed by atoms with Crippen LogP contribution in [0.3, 0.4) is 0 Å². The molecule has 0 N–H and O–H groups in total. The van der Waals surface area contributed by atoms with Gasteiger partial charge in [0.2, 0.25) is 0 Å². The molecule has 0 aliphatic heterocycles. The predicted molar refractivity (Wildman–Crippen MR) is 206 cm³/mol. The number of pyridine rings is 2. The molecule has 3 heterocycles. The van der Waals surface area contributed by atoms with Crippen LogP contribution in [0.15, 0.2) is 108 Å².